The van der Waals surface area contributed by atoms with Gasteiger partial charge in [-0.15, -0.1) is 6.58 Å². The van der Waals surface area contributed by atoms with Crippen molar-refractivity contribution in [3.8, 4) is 0 Å². The van der Waals surface area contributed by atoms with Crippen molar-refractivity contribution >= 4 is 39.5 Å². The van der Waals surface area contributed by atoms with Gasteiger partial charge in [0.25, 0.3) is 0 Å². The molecule has 3 aliphatic heterocycles. The fraction of sp³-hybridized carbons (Fsp3) is 0.500. The summed E-state index contributed by atoms with van der Waals surface area (Å²) in [6.07, 6.45) is 0.986. The lowest BCUT2D eigenvalue weighted by Crippen LogP contribution is -2.76. The zero-order valence-corrected chi connectivity index (χ0v) is 26.4. The summed E-state index contributed by atoms with van der Waals surface area (Å²) in [7, 11) is 2.03. The van der Waals surface area contributed by atoms with Crippen LogP contribution in [0.4, 0.5) is 21.0 Å². The lowest BCUT2D eigenvalue weighted by molar-refractivity contribution is -0.148. The Morgan fingerprint density at radius 3 is 2.44 bits per heavy atom. The van der Waals surface area contributed by atoms with Crippen LogP contribution in [-0.4, -0.2) is 61.9 Å². The Hall–Kier alpha value is -3.04. The molecule has 41 heavy (non-hydrogen) atoms. The van der Waals surface area contributed by atoms with Crippen molar-refractivity contribution in [2.75, 3.05) is 36.6 Å². The van der Waals surface area contributed by atoms with Gasteiger partial charge < -0.3 is 19.1 Å². The van der Waals surface area contributed by atoms with Gasteiger partial charge in [-0.05, 0) is 71.2 Å². The first-order chi connectivity index (χ1) is 19.5. The number of carbonyl (C=O) groups is 2. The maximum atomic E-state index is 14.2. The van der Waals surface area contributed by atoms with Gasteiger partial charge in [-0.1, -0.05) is 46.3 Å². The van der Waals surface area contributed by atoms with E-state index in [1.54, 1.807) is 4.90 Å². The molecule has 0 aliphatic carbocycles. The fourth-order valence-corrected chi connectivity index (χ4v) is 8.25. The summed E-state index contributed by atoms with van der Waals surface area (Å²) in [6.45, 7) is 14.6. The third kappa shape index (κ3) is 4.18. The molecule has 0 radical (unpaired) electrons. The quantitative estimate of drug-likeness (QED) is 0.335. The summed E-state index contributed by atoms with van der Waals surface area (Å²) in [5.74, 6) is 0. The third-order valence-corrected chi connectivity index (χ3v) is 9.31. The van der Waals surface area contributed by atoms with Gasteiger partial charge >= 0.3 is 12.2 Å². The molecule has 0 bridgehead atoms. The van der Waals surface area contributed by atoms with E-state index >= 15 is 0 Å². The summed E-state index contributed by atoms with van der Waals surface area (Å²) >= 11 is 3.91. The molecule has 4 atom stereocenters. The molecule has 3 heterocycles. The van der Waals surface area contributed by atoms with Crippen molar-refractivity contribution in [1.82, 2.24) is 4.90 Å². The van der Waals surface area contributed by atoms with Gasteiger partial charge in [0.2, 0.25) is 0 Å². The third-order valence-electron chi connectivity index (χ3n) is 8.65. The molecule has 8 nitrogen and oxygen atoms in total. The molecule has 1 unspecified atom stereocenters. The summed E-state index contributed by atoms with van der Waals surface area (Å²) in [5.41, 5.74) is 1.52. The van der Waals surface area contributed by atoms with Gasteiger partial charge in [0.1, 0.15) is 18.0 Å². The summed E-state index contributed by atoms with van der Waals surface area (Å²) < 4.78 is 19.2. The number of hydrogen-bond acceptors (Lipinski definition) is 6. The van der Waals surface area contributed by atoms with E-state index in [9.17, 15) is 9.59 Å². The van der Waals surface area contributed by atoms with E-state index in [1.165, 1.54) is 0 Å². The number of likely N-dealkylation sites (N-methyl/N-ethyl adjacent to an activating group) is 1. The highest BCUT2D eigenvalue weighted by atomic mass is 79.9. The van der Waals surface area contributed by atoms with Gasteiger partial charge in [-0.2, -0.15) is 0 Å². The maximum Gasteiger partial charge on any atom is 0.416 e. The highest BCUT2D eigenvalue weighted by molar-refractivity contribution is 9.10. The molecule has 220 valence electrons. The molecule has 3 aliphatic rings. The number of halogens is 1. The number of amides is 2. The van der Waals surface area contributed by atoms with E-state index in [2.05, 4.69) is 39.5 Å². The molecule has 9 heteroatoms. The molecule has 2 aromatic carbocycles. The van der Waals surface area contributed by atoms with Gasteiger partial charge in [0, 0.05) is 35.9 Å². The van der Waals surface area contributed by atoms with E-state index in [4.69, 9.17) is 14.2 Å². The first-order valence-corrected chi connectivity index (χ1v) is 15.1. The molecule has 2 aromatic rings. The van der Waals surface area contributed by atoms with Gasteiger partial charge in [0.05, 0.1) is 23.1 Å². The monoisotopic (exact) mass is 625 g/mol. The van der Waals surface area contributed by atoms with Crippen LogP contribution in [0.15, 0.2) is 59.6 Å². The van der Waals surface area contributed by atoms with E-state index in [1.807, 2.05) is 83.0 Å². The molecule has 5 rings (SSSR count). The van der Waals surface area contributed by atoms with Gasteiger partial charge in [-0.3, -0.25) is 9.80 Å². The second kappa shape index (κ2) is 10.7. The molecular formula is C32H40BrN3O5. The number of anilines is 2. The number of piperidine rings is 1. The van der Waals surface area contributed by atoms with E-state index in [0.29, 0.717) is 26.0 Å². The van der Waals surface area contributed by atoms with Crippen LogP contribution < -0.4 is 9.80 Å². The van der Waals surface area contributed by atoms with E-state index < -0.39 is 41.0 Å². The molecule has 1 saturated heterocycles. The predicted molar refractivity (Wildman–Crippen MR) is 163 cm³/mol. The molecule has 0 N–H and O–H groups in total. The average Bonchev–Trinajstić information content (AvgIpc) is 3.16. The van der Waals surface area contributed by atoms with Gasteiger partial charge in [-0.25, -0.2) is 9.59 Å². The summed E-state index contributed by atoms with van der Waals surface area (Å²) in [5, 5.41) is 0. The molecule has 1 spiro atoms. The fourth-order valence-electron chi connectivity index (χ4n) is 7.54. The van der Waals surface area contributed by atoms with Crippen molar-refractivity contribution in [3.05, 3.63) is 70.7 Å². The van der Waals surface area contributed by atoms with Crippen LogP contribution in [0.5, 0.6) is 0 Å². The Morgan fingerprint density at radius 2 is 1.78 bits per heavy atom. The van der Waals surface area contributed by atoms with Crippen molar-refractivity contribution < 1.29 is 23.8 Å². The van der Waals surface area contributed by atoms with Crippen LogP contribution in [0.1, 0.15) is 58.6 Å². The number of para-hydroxylation sites is 1. The number of nitrogens with zero attached hydrogens (tertiary/aromatic N) is 3. The predicted octanol–water partition coefficient (Wildman–Crippen LogP) is 6.96. The number of fused-ring (bicyclic) bond motifs is 3. The van der Waals surface area contributed by atoms with Crippen molar-refractivity contribution in [1.29, 1.82) is 0 Å². The zero-order chi connectivity index (χ0) is 29.7. The number of ether oxygens (including phenoxy) is 3. The van der Waals surface area contributed by atoms with E-state index in [-0.39, 0.29) is 6.61 Å². The van der Waals surface area contributed by atoms with Crippen LogP contribution in [0, 0.1) is 0 Å². The average molecular weight is 627 g/mol. The molecule has 0 saturated carbocycles. The Bertz CT molecular complexity index is 1360. The second-order valence-corrected chi connectivity index (χ2v) is 12.7. The van der Waals surface area contributed by atoms with Gasteiger partial charge in [0.15, 0.2) is 0 Å². The highest BCUT2D eigenvalue weighted by Gasteiger charge is 2.74. The maximum absolute atomic E-state index is 14.2. The van der Waals surface area contributed by atoms with Crippen LogP contribution >= 0.6 is 15.9 Å². The molecular weight excluding hydrogens is 586 g/mol. The molecule has 0 aromatic heterocycles. The Kier molecular flexibility index (Phi) is 7.66. The minimum absolute atomic E-state index is 0.260. The summed E-state index contributed by atoms with van der Waals surface area (Å²) in [6, 6.07) is 14.1. The second-order valence-electron chi connectivity index (χ2n) is 11.9. The molecule has 1 fully saturated rings. The number of hydrogen-bond donors (Lipinski definition) is 0. The largest absolute Gasteiger partial charge is 0.450 e. The normalized spacial score (nSPS) is 26.5. The number of benzene rings is 2. The topological polar surface area (TPSA) is 71.6 Å². The smallest absolute Gasteiger partial charge is 0.416 e. The number of allylic oxidation sites excluding steroid dienone is 1. The van der Waals surface area contributed by atoms with Crippen LogP contribution in [0.25, 0.3) is 0 Å². The minimum atomic E-state index is -0.821. The lowest BCUT2D eigenvalue weighted by atomic mass is 9.48. The zero-order valence-electron chi connectivity index (χ0n) is 24.8. The first-order valence-electron chi connectivity index (χ1n) is 14.3. The van der Waals surface area contributed by atoms with Crippen LogP contribution in [-0.2, 0) is 25.0 Å². The molecule has 2 amide bonds. The first kappa shape index (κ1) is 29.5. The Morgan fingerprint density at radius 1 is 1.07 bits per heavy atom. The number of likely N-dealkylation sites (tertiary alicyclic amines) is 1. The number of carbonyl (C=O) groups excluding carboxylic acids is 2. The van der Waals surface area contributed by atoms with E-state index in [0.717, 1.165) is 27.0 Å². The Labute approximate surface area is 251 Å². The van der Waals surface area contributed by atoms with Crippen LogP contribution in [0.3, 0.4) is 0 Å². The Balaban J connectivity index is 1.91. The minimum Gasteiger partial charge on any atom is -0.450 e. The van der Waals surface area contributed by atoms with Crippen molar-refractivity contribution in [2.24, 2.45) is 0 Å². The lowest BCUT2D eigenvalue weighted by Gasteiger charge is -2.65. The summed E-state index contributed by atoms with van der Waals surface area (Å²) in [4.78, 5) is 33.5. The standard InChI is InChI=1S/C32H40BrN3O5/c1-8-18-31-21-14-11-12-16-23(21)36(29(38)41-30(4,5)6)26-32(31,25-22(33)15-13-17-24(25)34(26)7)19-20-35(27(31)39-9-2)28(37)40-10-3/h8,11-17,26-27H,1,9-10,18-20H2,2-7H3/t26-,27?,31-,32-/m0/s1. The highest BCUT2D eigenvalue weighted by Crippen LogP contribution is 2.68. The van der Waals surface area contributed by atoms with Crippen molar-refractivity contribution in [3.63, 3.8) is 0 Å². The number of rotatable bonds is 5. The SMILES string of the molecule is C=CC[C@@]12c3ccccc3N(C(=O)OC(C)(C)C)[C@@H]3N(C)c4cccc(Br)c4[C@@]31CCN(C(=O)OCC)C2OCC. The van der Waals surface area contributed by atoms with Crippen molar-refractivity contribution in [2.45, 2.75) is 76.3 Å². The van der Waals surface area contributed by atoms with Crippen LogP contribution in [0.2, 0.25) is 0 Å².